The minimum atomic E-state index is -0.505. The predicted molar refractivity (Wildman–Crippen MR) is 123 cm³/mol. The monoisotopic (exact) mass is 413 g/mol. The highest BCUT2D eigenvalue weighted by atomic mass is 16.6. The highest BCUT2D eigenvalue weighted by Gasteiger charge is 2.56. The Labute approximate surface area is 181 Å². The predicted octanol–water partition coefficient (Wildman–Crippen LogP) is 5.88. The van der Waals surface area contributed by atoms with Gasteiger partial charge < -0.3 is 10.1 Å². The van der Waals surface area contributed by atoms with Crippen LogP contribution in [0.25, 0.3) is 0 Å². The van der Waals surface area contributed by atoms with Crippen LogP contribution in [0.4, 0.5) is 16.2 Å². The van der Waals surface area contributed by atoms with E-state index in [2.05, 4.69) is 22.5 Å². The molecule has 5 heteroatoms. The molecule has 1 aromatic rings. The van der Waals surface area contributed by atoms with Gasteiger partial charge in [0.2, 0.25) is 0 Å². The molecule has 1 aliphatic heterocycles. The molecule has 1 aromatic carbocycles. The number of carbonyl (C=O) groups is 1. The second-order valence-corrected chi connectivity index (χ2v) is 10.8. The molecule has 1 amide bonds. The smallest absolute Gasteiger partial charge is 0.412 e. The van der Waals surface area contributed by atoms with Crippen molar-refractivity contribution in [2.45, 2.75) is 89.8 Å². The van der Waals surface area contributed by atoms with E-state index in [1.54, 1.807) is 0 Å². The summed E-state index contributed by atoms with van der Waals surface area (Å²) in [4.78, 5) is 15.0. The van der Waals surface area contributed by atoms with Gasteiger partial charge in [0.15, 0.2) is 0 Å². The second-order valence-electron chi connectivity index (χ2n) is 10.8. The molecule has 30 heavy (non-hydrogen) atoms. The Hall–Kier alpha value is -1.75. The minimum absolute atomic E-state index is 0.410. The average molecular weight is 414 g/mol. The zero-order chi connectivity index (χ0) is 21.4. The van der Waals surface area contributed by atoms with Gasteiger partial charge in [0, 0.05) is 24.7 Å². The van der Waals surface area contributed by atoms with Crippen LogP contribution in [-0.4, -0.2) is 41.3 Å². The highest BCUT2D eigenvalue weighted by Crippen LogP contribution is 2.55. The van der Waals surface area contributed by atoms with Gasteiger partial charge in [0.05, 0.1) is 11.4 Å². The molecule has 3 aliphatic rings. The van der Waals surface area contributed by atoms with Crippen molar-refractivity contribution >= 4 is 17.5 Å². The quantitative estimate of drug-likeness (QED) is 0.611. The molecule has 2 N–H and O–H groups in total. The Morgan fingerprint density at radius 2 is 1.77 bits per heavy atom. The van der Waals surface area contributed by atoms with E-state index in [0.29, 0.717) is 11.6 Å². The van der Waals surface area contributed by atoms with E-state index in [0.717, 1.165) is 36.1 Å². The number of anilines is 2. The summed E-state index contributed by atoms with van der Waals surface area (Å²) in [7, 11) is 0. The van der Waals surface area contributed by atoms with Crippen molar-refractivity contribution in [3.05, 3.63) is 24.3 Å². The molecule has 1 heterocycles. The number of carbonyl (C=O) groups excluding carboxylic acids is 1. The molecule has 1 saturated heterocycles. The third-order valence-electron chi connectivity index (χ3n) is 7.33. The van der Waals surface area contributed by atoms with Crippen LogP contribution < -0.4 is 10.6 Å². The van der Waals surface area contributed by atoms with Crippen molar-refractivity contribution in [3.63, 3.8) is 0 Å². The van der Waals surface area contributed by atoms with Crippen molar-refractivity contribution < 1.29 is 9.53 Å². The summed E-state index contributed by atoms with van der Waals surface area (Å²) in [6.07, 6.45) is 9.06. The lowest BCUT2D eigenvalue weighted by atomic mass is 9.79. The normalized spacial score (nSPS) is 27.9. The summed E-state index contributed by atoms with van der Waals surface area (Å²) >= 11 is 0. The summed E-state index contributed by atoms with van der Waals surface area (Å²) in [5, 5.41) is 6.59. The topological polar surface area (TPSA) is 53.6 Å². The fraction of sp³-hybridized carbons (Fsp3) is 0.720. The van der Waals surface area contributed by atoms with E-state index < -0.39 is 11.7 Å². The maximum Gasteiger partial charge on any atom is 0.412 e. The van der Waals surface area contributed by atoms with Crippen molar-refractivity contribution in [1.82, 2.24) is 4.90 Å². The maximum absolute atomic E-state index is 12.2. The molecule has 0 radical (unpaired) electrons. The molecule has 2 saturated carbocycles. The molecule has 3 fully saturated rings. The number of rotatable bonds is 6. The maximum atomic E-state index is 12.2. The summed E-state index contributed by atoms with van der Waals surface area (Å²) in [6.45, 7) is 10.4. The standard InChI is InChI=1S/C25H39N3O2/c1-18-16-25(18,17-19-8-7-9-19)28-14-12-20(13-15-28)26-21-10-5-6-11-22(21)27-23(29)30-24(2,3)4/h5-6,10-11,18-20,26H,7-9,12-17H2,1-4H3,(H,27,29)/t18-,25?/m0/s1. The molecule has 1 unspecified atom stereocenters. The van der Waals surface area contributed by atoms with Crippen LogP contribution in [0.2, 0.25) is 0 Å². The number of likely N-dealkylation sites (tertiary alicyclic amines) is 1. The Balaban J connectivity index is 1.32. The third kappa shape index (κ3) is 4.93. The van der Waals surface area contributed by atoms with E-state index in [-0.39, 0.29) is 0 Å². The van der Waals surface area contributed by atoms with Crippen LogP contribution in [0, 0.1) is 11.8 Å². The number of ether oxygens (including phenoxy) is 1. The average Bonchev–Trinajstić information content (AvgIpc) is 3.30. The molecule has 0 bridgehead atoms. The number of para-hydroxylation sites is 2. The lowest BCUT2D eigenvalue weighted by molar-refractivity contribution is 0.0636. The van der Waals surface area contributed by atoms with Gasteiger partial charge in [-0.2, -0.15) is 0 Å². The second kappa shape index (κ2) is 8.41. The summed E-state index contributed by atoms with van der Waals surface area (Å²) < 4.78 is 5.42. The number of benzene rings is 1. The van der Waals surface area contributed by atoms with Gasteiger partial charge >= 0.3 is 6.09 Å². The third-order valence-corrected chi connectivity index (χ3v) is 7.33. The fourth-order valence-corrected chi connectivity index (χ4v) is 5.34. The minimum Gasteiger partial charge on any atom is -0.444 e. The van der Waals surface area contributed by atoms with E-state index in [4.69, 9.17) is 4.74 Å². The number of amides is 1. The lowest BCUT2D eigenvalue weighted by Gasteiger charge is -2.42. The lowest BCUT2D eigenvalue weighted by Crippen LogP contribution is -2.48. The van der Waals surface area contributed by atoms with Crippen LogP contribution in [0.5, 0.6) is 0 Å². The van der Waals surface area contributed by atoms with Crippen LogP contribution in [0.15, 0.2) is 24.3 Å². The first-order chi connectivity index (χ1) is 14.2. The number of nitrogens with one attached hydrogen (secondary N) is 2. The molecule has 2 atom stereocenters. The summed E-state index contributed by atoms with van der Waals surface area (Å²) in [5.74, 6) is 1.85. The van der Waals surface area contributed by atoms with Crippen molar-refractivity contribution in [1.29, 1.82) is 0 Å². The van der Waals surface area contributed by atoms with E-state index in [1.807, 2.05) is 45.0 Å². The fourth-order valence-electron chi connectivity index (χ4n) is 5.34. The first-order valence-corrected chi connectivity index (χ1v) is 11.9. The van der Waals surface area contributed by atoms with Crippen LogP contribution in [-0.2, 0) is 4.74 Å². The first kappa shape index (κ1) is 21.5. The summed E-state index contributed by atoms with van der Waals surface area (Å²) in [5.41, 5.74) is 1.76. The van der Waals surface area contributed by atoms with Gasteiger partial charge in [0.25, 0.3) is 0 Å². The van der Waals surface area contributed by atoms with E-state index in [9.17, 15) is 4.79 Å². The van der Waals surface area contributed by atoms with E-state index >= 15 is 0 Å². The van der Waals surface area contributed by atoms with Crippen molar-refractivity contribution in [2.24, 2.45) is 11.8 Å². The highest BCUT2D eigenvalue weighted by molar-refractivity contribution is 5.89. The van der Waals surface area contributed by atoms with Crippen molar-refractivity contribution in [3.8, 4) is 0 Å². The molecular formula is C25H39N3O2. The largest absolute Gasteiger partial charge is 0.444 e. The molecule has 166 valence electrons. The van der Waals surface area contributed by atoms with Crippen molar-refractivity contribution in [2.75, 3.05) is 23.7 Å². The van der Waals surface area contributed by atoms with Gasteiger partial charge in [-0.3, -0.25) is 10.2 Å². The molecule has 0 spiro atoms. The van der Waals surface area contributed by atoms with Gasteiger partial charge in [-0.1, -0.05) is 38.3 Å². The van der Waals surface area contributed by atoms with Crippen LogP contribution >= 0.6 is 0 Å². The number of nitrogens with zero attached hydrogens (tertiary/aromatic N) is 1. The Morgan fingerprint density at radius 3 is 2.30 bits per heavy atom. The van der Waals surface area contributed by atoms with Gasteiger partial charge in [0.1, 0.15) is 5.60 Å². The molecule has 4 rings (SSSR count). The SMILES string of the molecule is C[C@H]1CC1(CC1CCC1)N1CCC(Nc2ccccc2NC(=O)OC(C)(C)C)CC1. The summed E-state index contributed by atoms with van der Waals surface area (Å²) in [6, 6.07) is 8.37. The Kier molecular flexibility index (Phi) is 6.02. The zero-order valence-electron chi connectivity index (χ0n) is 19.2. The van der Waals surface area contributed by atoms with Crippen LogP contribution in [0.1, 0.15) is 72.6 Å². The van der Waals surface area contributed by atoms with E-state index in [1.165, 1.54) is 45.2 Å². The zero-order valence-corrected chi connectivity index (χ0v) is 19.2. The van der Waals surface area contributed by atoms with Gasteiger partial charge in [-0.15, -0.1) is 0 Å². The Bertz CT molecular complexity index is 747. The first-order valence-electron chi connectivity index (χ1n) is 11.9. The Morgan fingerprint density at radius 1 is 1.13 bits per heavy atom. The number of hydrogen-bond donors (Lipinski definition) is 2. The van der Waals surface area contributed by atoms with Gasteiger partial charge in [-0.05, 0) is 70.4 Å². The van der Waals surface area contributed by atoms with Crippen LogP contribution in [0.3, 0.4) is 0 Å². The number of piperidine rings is 1. The molecule has 0 aromatic heterocycles. The molecule has 2 aliphatic carbocycles. The number of hydrogen-bond acceptors (Lipinski definition) is 4. The molecular weight excluding hydrogens is 374 g/mol. The molecule has 5 nitrogen and oxygen atoms in total. The van der Waals surface area contributed by atoms with Gasteiger partial charge in [-0.25, -0.2) is 4.79 Å².